The zero-order valence-corrected chi connectivity index (χ0v) is 11.0. The second kappa shape index (κ2) is 5.30. The summed E-state index contributed by atoms with van der Waals surface area (Å²) in [4.78, 5) is 0. The standard InChI is InChI=1S/C10H13F3NO3P/c1-14(18(15,16-2)17-3)9-6-4-8(5-7-9)10(11,12)13/h4-7H,1-3H3. The van der Waals surface area contributed by atoms with Crippen LogP contribution in [0.3, 0.4) is 0 Å². The van der Waals surface area contributed by atoms with Crippen LogP contribution < -0.4 is 4.67 Å². The van der Waals surface area contributed by atoms with Crippen molar-refractivity contribution >= 4 is 13.4 Å². The Morgan fingerprint density at radius 2 is 1.56 bits per heavy atom. The van der Waals surface area contributed by atoms with Crippen LogP contribution in [0.1, 0.15) is 5.56 Å². The third-order valence-corrected chi connectivity index (χ3v) is 4.29. The molecule has 0 bridgehead atoms. The van der Waals surface area contributed by atoms with Gasteiger partial charge in [-0.3, -0.25) is 13.7 Å². The first kappa shape index (κ1) is 15.0. The molecule has 0 saturated carbocycles. The highest BCUT2D eigenvalue weighted by Crippen LogP contribution is 2.51. The number of benzene rings is 1. The molecule has 0 aliphatic heterocycles. The SMILES string of the molecule is COP(=O)(OC)N(C)c1ccc(C(F)(F)F)cc1. The quantitative estimate of drug-likeness (QED) is 0.792. The van der Waals surface area contributed by atoms with Gasteiger partial charge in [-0.05, 0) is 24.3 Å². The average Bonchev–Trinajstić information content (AvgIpc) is 2.36. The van der Waals surface area contributed by atoms with Gasteiger partial charge < -0.3 is 0 Å². The van der Waals surface area contributed by atoms with Gasteiger partial charge in [-0.1, -0.05) is 0 Å². The molecule has 0 fully saturated rings. The molecule has 0 amide bonds. The third kappa shape index (κ3) is 3.04. The summed E-state index contributed by atoms with van der Waals surface area (Å²) in [6.45, 7) is 0. The topological polar surface area (TPSA) is 38.8 Å². The molecule has 0 saturated heterocycles. The van der Waals surface area contributed by atoms with Crippen LogP contribution in [0.25, 0.3) is 0 Å². The van der Waals surface area contributed by atoms with E-state index in [2.05, 4.69) is 0 Å². The molecule has 1 rings (SSSR count). The molecule has 1 aromatic carbocycles. The van der Waals surface area contributed by atoms with Crippen LogP contribution in [0, 0.1) is 0 Å². The summed E-state index contributed by atoms with van der Waals surface area (Å²) in [7, 11) is 0.314. The van der Waals surface area contributed by atoms with Gasteiger partial charge in [-0.15, -0.1) is 0 Å². The van der Waals surface area contributed by atoms with Gasteiger partial charge >= 0.3 is 13.9 Å². The molecule has 0 atom stereocenters. The second-order valence-electron chi connectivity index (χ2n) is 3.40. The number of halogens is 3. The Hall–Kier alpha value is -1.04. The van der Waals surface area contributed by atoms with Crippen molar-refractivity contribution in [1.29, 1.82) is 0 Å². The van der Waals surface area contributed by atoms with Crippen molar-refractivity contribution in [3.05, 3.63) is 29.8 Å². The number of hydrogen-bond acceptors (Lipinski definition) is 3. The van der Waals surface area contributed by atoms with Gasteiger partial charge in [0.05, 0.1) is 5.56 Å². The van der Waals surface area contributed by atoms with Crippen LogP contribution in [0.5, 0.6) is 0 Å². The van der Waals surface area contributed by atoms with Gasteiger partial charge in [-0.2, -0.15) is 13.2 Å². The first-order chi connectivity index (χ1) is 8.24. The number of hydrogen-bond donors (Lipinski definition) is 0. The highest BCUT2D eigenvalue weighted by atomic mass is 31.2. The van der Waals surface area contributed by atoms with E-state index in [0.29, 0.717) is 5.69 Å². The van der Waals surface area contributed by atoms with Crippen molar-refractivity contribution < 1.29 is 26.8 Å². The Kier molecular flexibility index (Phi) is 4.42. The van der Waals surface area contributed by atoms with E-state index in [1.807, 2.05) is 0 Å². The minimum atomic E-state index is -4.40. The smallest absolute Gasteiger partial charge is 0.296 e. The van der Waals surface area contributed by atoms with Crippen LogP contribution in [0.2, 0.25) is 0 Å². The molecule has 8 heteroatoms. The number of alkyl halides is 3. The normalized spacial score (nSPS) is 12.6. The van der Waals surface area contributed by atoms with Crippen molar-refractivity contribution in [2.45, 2.75) is 6.18 Å². The maximum Gasteiger partial charge on any atom is 0.434 e. The molecule has 0 spiro atoms. The van der Waals surface area contributed by atoms with Gasteiger partial charge in [0.2, 0.25) is 0 Å². The first-order valence-corrected chi connectivity index (χ1v) is 6.37. The lowest BCUT2D eigenvalue weighted by Gasteiger charge is -2.26. The highest BCUT2D eigenvalue weighted by Gasteiger charge is 2.32. The molecule has 4 nitrogen and oxygen atoms in total. The van der Waals surface area contributed by atoms with Crippen molar-refractivity contribution in [3.8, 4) is 0 Å². The Bertz CT molecular complexity index is 439. The molecule has 0 N–H and O–H groups in total. The van der Waals surface area contributed by atoms with Crippen LogP contribution in [-0.4, -0.2) is 21.3 Å². The lowest BCUT2D eigenvalue weighted by Crippen LogP contribution is -2.16. The Labute approximate surface area is 103 Å². The molecule has 0 heterocycles. The van der Waals surface area contributed by atoms with E-state index in [4.69, 9.17) is 9.05 Å². The maximum atomic E-state index is 12.4. The summed E-state index contributed by atoms with van der Waals surface area (Å²) < 4.78 is 59.7. The molecule has 0 radical (unpaired) electrons. The monoisotopic (exact) mass is 283 g/mol. The van der Waals surface area contributed by atoms with Gasteiger partial charge in [0.25, 0.3) is 0 Å². The Balaban J connectivity index is 3.03. The van der Waals surface area contributed by atoms with E-state index < -0.39 is 19.5 Å². The summed E-state index contributed by atoms with van der Waals surface area (Å²) in [5.74, 6) is 0. The molecular formula is C10H13F3NO3P. The summed E-state index contributed by atoms with van der Waals surface area (Å²) in [5.41, 5.74) is -0.473. The fourth-order valence-electron chi connectivity index (χ4n) is 1.33. The molecular weight excluding hydrogens is 270 g/mol. The zero-order valence-electron chi connectivity index (χ0n) is 10.1. The molecule has 0 aliphatic carbocycles. The predicted molar refractivity (Wildman–Crippen MR) is 61.5 cm³/mol. The molecule has 18 heavy (non-hydrogen) atoms. The largest absolute Gasteiger partial charge is 0.434 e. The lowest BCUT2D eigenvalue weighted by atomic mass is 10.2. The Morgan fingerprint density at radius 3 is 1.89 bits per heavy atom. The first-order valence-electron chi connectivity index (χ1n) is 4.87. The van der Waals surface area contributed by atoms with Crippen molar-refractivity contribution in [3.63, 3.8) is 0 Å². The predicted octanol–water partition coefficient (Wildman–Crippen LogP) is 3.54. The average molecular weight is 283 g/mol. The molecule has 0 unspecified atom stereocenters. The van der Waals surface area contributed by atoms with Gasteiger partial charge in [0, 0.05) is 27.0 Å². The Morgan fingerprint density at radius 1 is 1.11 bits per heavy atom. The van der Waals surface area contributed by atoms with E-state index in [1.165, 1.54) is 33.4 Å². The highest BCUT2D eigenvalue weighted by molar-refractivity contribution is 7.55. The molecule has 102 valence electrons. The fraction of sp³-hybridized carbons (Fsp3) is 0.400. The van der Waals surface area contributed by atoms with E-state index >= 15 is 0 Å². The molecule has 0 aliphatic rings. The van der Waals surface area contributed by atoms with Crippen molar-refractivity contribution in [1.82, 2.24) is 0 Å². The minimum absolute atomic E-state index is 0.301. The fourth-order valence-corrected chi connectivity index (χ4v) is 2.38. The minimum Gasteiger partial charge on any atom is -0.296 e. The van der Waals surface area contributed by atoms with Gasteiger partial charge in [-0.25, -0.2) is 4.57 Å². The van der Waals surface area contributed by atoms with Crippen LogP contribution >= 0.6 is 7.75 Å². The van der Waals surface area contributed by atoms with Crippen LogP contribution in [-0.2, 0) is 19.8 Å². The van der Waals surface area contributed by atoms with Crippen LogP contribution in [0.15, 0.2) is 24.3 Å². The summed E-state index contributed by atoms with van der Waals surface area (Å²) in [6.07, 6.45) is -4.40. The summed E-state index contributed by atoms with van der Waals surface area (Å²) >= 11 is 0. The van der Waals surface area contributed by atoms with Gasteiger partial charge in [0.15, 0.2) is 0 Å². The number of anilines is 1. The maximum absolute atomic E-state index is 12.4. The molecule has 0 aromatic heterocycles. The van der Waals surface area contributed by atoms with Gasteiger partial charge in [0.1, 0.15) is 0 Å². The van der Waals surface area contributed by atoms with Crippen LogP contribution in [0.4, 0.5) is 18.9 Å². The van der Waals surface area contributed by atoms with E-state index in [-0.39, 0.29) is 0 Å². The number of rotatable bonds is 4. The van der Waals surface area contributed by atoms with E-state index in [1.54, 1.807) is 0 Å². The van der Waals surface area contributed by atoms with Crippen molar-refractivity contribution in [2.24, 2.45) is 0 Å². The zero-order chi connectivity index (χ0) is 14.0. The van der Waals surface area contributed by atoms with E-state index in [9.17, 15) is 17.7 Å². The number of nitrogens with zero attached hydrogens (tertiary/aromatic N) is 1. The third-order valence-electron chi connectivity index (χ3n) is 2.40. The second-order valence-corrected chi connectivity index (χ2v) is 5.67. The molecule has 1 aromatic rings. The summed E-state index contributed by atoms with van der Waals surface area (Å²) in [5, 5.41) is 0. The van der Waals surface area contributed by atoms with E-state index in [0.717, 1.165) is 16.8 Å². The lowest BCUT2D eigenvalue weighted by molar-refractivity contribution is -0.137. The van der Waals surface area contributed by atoms with Crippen molar-refractivity contribution in [2.75, 3.05) is 25.9 Å². The summed E-state index contributed by atoms with van der Waals surface area (Å²) in [6, 6.07) is 4.21.